The monoisotopic (exact) mass is 258 g/mol. The van der Waals surface area contributed by atoms with E-state index in [-0.39, 0.29) is 0 Å². The number of nitriles is 1. The minimum Gasteiger partial charge on any atom is -0.312 e. The van der Waals surface area contributed by atoms with Crippen molar-refractivity contribution in [3.63, 3.8) is 0 Å². The number of nitrogens with one attached hydrogen (secondary N) is 1. The maximum atomic E-state index is 8.31. The molecular formula is C9H11BrN2S. The van der Waals surface area contributed by atoms with Crippen LogP contribution in [0.25, 0.3) is 0 Å². The van der Waals surface area contributed by atoms with E-state index in [4.69, 9.17) is 5.26 Å². The van der Waals surface area contributed by atoms with Gasteiger partial charge in [-0.1, -0.05) is 0 Å². The minimum atomic E-state index is 0.638. The summed E-state index contributed by atoms with van der Waals surface area (Å²) < 4.78 is 1.17. The smallest absolute Gasteiger partial charge is 0.0622 e. The molecule has 0 unspecified atom stereocenters. The average Bonchev–Trinajstić information content (AvgIpc) is 2.52. The van der Waals surface area contributed by atoms with Gasteiger partial charge in [-0.15, -0.1) is 11.3 Å². The van der Waals surface area contributed by atoms with Crippen molar-refractivity contribution < 1.29 is 0 Å². The largest absolute Gasteiger partial charge is 0.312 e. The van der Waals surface area contributed by atoms with Crippen LogP contribution in [0.2, 0.25) is 0 Å². The highest BCUT2D eigenvalue weighted by Gasteiger charge is 1.99. The lowest BCUT2D eigenvalue weighted by molar-refractivity contribution is 0.662. The van der Waals surface area contributed by atoms with Crippen LogP contribution in [0, 0.1) is 11.3 Å². The van der Waals surface area contributed by atoms with E-state index in [0.717, 1.165) is 19.5 Å². The second-order valence-corrected chi connectivity index (χ2v) is 4.49. The fourth-order valence-electron chi connectivity index (χ4n) is 0.946. The van der Waals surface area contributed by atoms with Crippen molar-refractivity contribution in [1.29, 1.82) is 5.26 Å². The first-order valence-corrected chi connectivity index (χ1v) is 5.81. The average molecular weight is 259 g/mol. The Morgan fingerprint density at radius 2 is 2.46 bits per heavy atom. The summed E-state index contributed by atoms with van der Waals surface area (Å²) >= 11 is 5.21. The maximum absolute atomic E-state index is 8.31. The second-order valence-electron chi connectivity index (χ2n) is 2.63. The quantitative estimate of drug-likeness (QED) is 0.825. The molecule has 1 N–H and O–H groups in total. The van der Waals surface area contributed by atoms with E-state index in [0.29, 0.717) is 6.42 Å². The molecule has 70 valence electrons. The third-order valence-corrected chi connectivity index (χ3v) is 3.55. The van der Waals surface area contributed by atoms with Crippen molar-refractivity contribution in [3.05, 3.63) is 20.8 Å². The van der Waals surface area contributed by atoms with Crippen LogP contribution in [0.3, 0.4) is 0 Å². The summed E-state index contributed by atoms with van der Waals surface area (Å²) in [4.78, 5) is 1.32. The van der Waals surface area contributed by atoms with Crippen molar-refractivity contribution in [1.82, 2.24) is 5.32 Å². The highest BCUT2D eigenvalue weighted by Crippen LogP contribution is 2.21. The molecular weight excluding hydrogens is 248 g/mol. The van der Waals surface area contributed by atoms with Gasteiger partial charge in [0.05, 0.1) is 6.07 Å². The first-order chi connectivity index (χ1) is 6.34. The van der Waals surface area contributed by atoms with E-state index in [1.165, 1.54) is 9.35 Å². The molecule has 0 saturated heterocycles. The van der Waals surface area contributed by atoms with E-state index in [1.807, 2.05) is 0 Å². The molecule has 4 heteroatoms. The molecule has 1 heterocycles. The van der Waals surface area contributed by atoms with Crippen molar-refractivity contribution in [2.75, 3.05) is 6.54 Å². The zero-order chi connectivity index (χ0) is 9.52. The molecule has 0 aliphatic rings. The molecule has 0 spiro atoms. The van der Waals surface area contributed by atoms with Gasteiger partial charge in [0.25, 0.3) is 0 Å². The Labute approximate surface area is 90.7 Å². The van der Waals surface area contributed by atoms with E-state index in [1.54, 1.807) is 11.3 Å². The standard InChI is InChI=1S/C9H11BrN2S/c10-8-3-6-13-9(8)7-12-5-2-1-4-11/h3,6,12H,1-2,5,7H2. The summed E-state index contributed by atoms with van der Waals surface area (Å²) in [6.45, 7) is 1.81. The number of hydrogen-bond donors (Lipinski definition) is 1. The predicted octanol–water partition coefficient (Wildman–Crippen LogP) is 2.90. The van der Waals surface area contributed by atoms with Crippen molar-refractivity contribution in [2.45, 2.75) is 19.4 Å². The van der Waals surface area contributed by atoms with Crippen LogP contribution in [0.4, 0.5) is 0 Å². The Morgan fingerprint density at radius 1 is 1.62 bits per heavy atom. The van der Waals surface area contributed by atoms with E-state index < -0.39 is 0 Å². The molecule has 0 atom stereocenters. The maximum Gasteiger partial charge on any atom is 0.0622 e. The van der Waals surface area contributed by atoms with E-state index >= 15 is 0 Å². The molecule has 0 aliphatic carbocycles. The number of thiophene rings is 1. The molecule has 13 heavy (non-hydrogen) atoms. The third kappa shape index (κ3) is 3.90. The fraction of sp³-hybridized carbons (Fsp3) is 0.444. The zero-order valence-corrected chi connectivity index (χ0v) is 9.62. The zero-order valence-electron chi connectivity index (χ0n) is 7.22. The van der Waals surface area contributed by atoms with Gasteiger partial charge in [-0.05, 0) is 40.3 Å². The molecule has 0 radical (unpaired) electrons. The van der Waals surface area contributed by atoms with Crippen LogP contribution in [-0.2, 0) is 6.54 Å². The highest BCUT2D eigenvalue weighted by atomic mass is 79.9. The Hall–Kier alpha value is -0.370. The van der Waals surface area contributed by atoms with Gasteiger partial charge in [0.2, 0.25) is 0 Å². The summed E-state index contributed by atoms with van der Waals surface area (Å²) in [6, 6.07) is 4.18. The molecule has 1 rings (SSSR count). The first-order valence-electron chi connectivity index (χ1n) is 4.14. The first kappa shape index (κ1) is 10.7. The van der Waals surface area contributed by atoms with Gasteiger partial charge in [-0.2, -0.15) is 5.26 Å². The van der Waals surface area contributed by atoms with Gasteiger partial charge in [-0.3, -0.25) is 0 Å². The van der Waals surface area contributed by atoms with Crippen LogP contribution < -0.4 is 5.32 Å². The predicted molar refractivity (Wildman–Crippen MR) is 58.6 cm³/mol. The number of rotatable bonds is 5. The number of hydrogen-bond acceptors (Lipinski definition) is 3. The molecule has 0 fully saturated rings. The van der Waals surface area contributed by atoms with E-state index in [2.05, 4.69) is 38.8 Å². The lowest BCUT2D eigenvalue weighted by atomic mass is 10.3. The Balaban J connectivity index is 2.14. The topological polar surface area (TPSA) is 35.8 Å². The van der Waals surface area contributed by atoms with Gasteiger partial charge in [0.15, 0.2) is 0 Å². The molecule has 0 bridgehead atoms. The lowest BCUT2D eigenvalue weighted by Gasteiger charge is -2.00. The van der Waals surface area contributed by atoms with Crippen LogP contribution in [0.5, 0.6) is 0 Å². The normalized spacial score (nSPS) is 9.85. The third-order valence-electron chi connectivity index (χ3n) is 1.62. The van der Waals surface area contributed by atoms with Gasteiger partial charge in [-0.25, -0.2) is 0 Å². The van der Waals surface area contributed by atoms with Crippen LogP contribution in [0.1, 0.15) is 17.7 Å². The summed E-state index contributed by atoms with van der Waals surface area (Å²) in [5.74, 6) is 0. The molecule has 1 aromatic rings. The summed E-state index contributed by atoms with van der Waals surface area (Å²) in [5, 5.41) is 13.7. The highest BCUT2D eigenvalue weighted by molar-refractivity contribution is 9.10. The number of unbranched alkanes of at least 4 members (excludes halogenated alkanes) is 1. The summed E-state index contributed by atoms with van der Waals surface area (Å²) in [6.07, 6.45) is 1.57. The van der Waals surface area contributed by atoms with Gasteiger partial charge in [0, 0.05) is 22.3 Å². The Kier molecular flexibility index (Phi) is 5.06. The van der Waals surface area contributed by atoms with Crippen molar-refractivity contribution >= 4 is 27.3 Å². The Bertz CT molecular complexity index is 290. The lowest BCUT2D eigenvalue weighted by Crippen LogP contribution is -2.13. The van der Waals surface area contributed by atoms with Gasteiger partial charge in [0.1, 0.15) is 0 Å². The molecule has 2 nitrogen and oxygen atoms in total. The van der Waals surface area contributed by atoms with Crippen molar-refractivity contribution in [2.24, 2.45) is 0 Å². The van der Waals surface area contributed by atoms with Gasteiger partial charge < -0.3 is 5.32 Å². The van der Waals surface area contributed by atoms with E-state index in [9.17, 15) is 0 Å². The van der Waals surface area contributed by atoms with Crippen molar-refractivity contribution in [3.8, 4) is 6.07 Å². The second kappa shape index (κ2) is 6.14. The molecule has 1 aromatic heterocycles. The molecule has 0 aliphatic heterocycles. The minimum absolute atomic E-state index is 0.638. The SMILES string of the molecule is N#CCCCNCc1sccc1Br. The summed E-state index contributed by atoms with van der Waals surface area (Å²) in [5.41, 5.74) is 0. The van der Waals surface area contributed by atoms with Crippen LogP contribution in [-0.4, -0.2) is 6.54 Å². The Morgan fingerprint density at radius 3 is 3.08 bits per heavy atom. The molecule has 0 saturated carbocycles. The number of halogens is 1. The molecule has 0 amide bonds. The van der Waals surface area contributed by atoms with Crippen LogP contribution >= 0.6 is 27.3 Å². The summed E-state index contributed by atoms with van der Waals surface area (Å²) in [7, 11) is 0. The van der Waals surface area contributed by atoms with Gasteiger partial charge >= 0.3 is 0 Å². The van der Waals surface area contributed by atoms with Crippen LogP contribution in [0.15, 0.2) is 15.9 Å². The fourth-order valence-corrected chi connectivity index (χ4v) is 2.41. The molecule has 0 aromatic carbocycles. The number of nitrogens with zero attached hydrogens (tertiary/aromatic N) is 1.